The standard InChI is InChI=1S/C20H16IN3O2/c21-16-7-3-6-15(11-16)19(25)24-18-9-2-1-8-17(18)20(26)23-13-14-5-4-10-22-12-14/h1-12H,13H2,(H,23,26)(H,24,25). The predicted molar refractivity (Wildman–Crippen MR) is 109 cm³/mol. The first-order valence-corrected chi connectivity index (χ1v) is 9.04. The molecule has 0 radical (unpaired) electrons. The van der Waals surface area contributed by atoms with Gasteiger partial charge in [0.1, 0.15) is 0 Å². The van der Waals surface area contributed by atoms with Gasteiger partial charge in [-0.05, 0) is 64.6 Å². The van der Waals surface area contributed by atoms with Gasteiger partial charge in [-0.1, -0.05) is 24.3 Å². The first kappa shape index (κ1) is 18.1. The van der Waals surface area contributed by atoms with E-state index in [-0.39, 0.29) is 11.8 Å². The van der Waals surface area contributed by atoms with Gasteiger partial charge in [0.05, 0.1) is 11.3 Å². The van der Waals surface area contributed by atoms with Gasteiger partial charge in [-0.15, -0.1) is 0 Å². The Bertz CT molecular complexity index is 929. The molecular weight excluding hydrogens is 441 g/mol. The first-order valence-electron chi connectivity index (χ1n) is 7.96. The van der Waals surface area contributed by atoms with E-state index in [2.05, 4.69) is 38.2 Å². The maximum Gasteiger partial charge on any atom is 0.255 e. The molecule has 0 aliphatic rings. The molecule has 0 aliphatic carbocycles. The topological polar surface area (TPSA) is 71.1 Å². The van der Waals surface area contributed by atoms with Crippen LogP contribution < -0.4 is 10.6 Å². The van der Waals surface area contributed by atoms with Crippen LogP contribution in [0.2, 0.25) is 0 Å². The van der Waals surface area contributed by atoms with Crippen molar-refractivity contribution in [2.24, 2.45) is 0 Å². The summed E-state index contributed by atoms with van der Waals surface area (Å²) in [5.41, 5.74) is 2.33. The van der Waals surface area contributed by atoms with Crippen molar-refractivity contribution in [2.45, 2.75) is 6.54 Å². The minimum Gasteiger partial charge on any atom is -0.348 e. The van der Waals surface area contributed by atoms with Crippen LogP contribution in [0.4, 0.5) is 5.69 Å². The number of hydrogen-bond acceptors (Lipinski definition) is 3. The van der Waals surface area contributed by atoms with Crippen molar-refractivity contribution >= 4 is 40.1 Å². The van der Waals surface area contributed by atoms with Crippen molar-refractivity contribution in [3.63, 3.8) is 0 Å². The third-order valence-corrected chi connectivity index (χ3v) is 4.35. The van der Waals surface area contributed by atoms with E-state index in [1.807, 2.05) is 24.3 Å². The summed E-state index contributed by atoms with van der Waals surface area (Å²) in [6.07, 6.45) is 3.38. The SMILES string of the molecule is O=C(Nc1ccccc1C(=O)NCc1cccnc1)c1cccc(I)c1. The molecule has 3 aromatic rings. The molecule has 26 heavy (non-hydrogen) atoms. The van der Waals surface area contributed by atoms with Crippen molar-refractivity contribution in [3.8, 4) is 0 Å². The third-order valence-electron chi connectivity index (χ3n) is 3.68. The summed E-state index contributed by atoms with van der Waals surface area (Å²) in [5, 5.41) is 5.66. The summed E-state index contributed by atoms with van der Waals surface area (Å²) in [7, 11) is 0. The predicted octanol–water partition coefficient (Wildman–Crippen LogP) is 3.87. The second-order valence-electron chi connectivity index (χ2n) is 5.55. The van der Waals surface area contributed by atoms with Gasteiger partial charge in [0.2, 0.25) is 0 Å². The Balaban J connectivity index is 1.73. The molecule has 3 rings (SSSR count). The number of carbonyl (C=O) groups is 2. The number of halogens is 1. The molecule has 2 amide bonds. The van der Waals surface area contributed by atoms with Gasteiger partial charge in [-0.25, -0.2) is 0 Å². The van der Waals surface area contributed by atoms with Crippen LogP contribution in [0, 0.1) is 3.57 Å². The highest BCUT2D eigenvalue weighted by Gasteiger charge is 2.14. The number of carbonyl (C=O) groups excluding carboxylic acids is 2. The second kappa shape index (κ2) is 8.57. The quantitative estimate of drug-likeness (QED) is 0.572. The Hall–Kier alpha value is -2.74. The molecule has 130 valence electrons. The summed E-state index contributed by atoms with van der Waals surface area (Å²) in [6, 6.07) is 17.9. The summed E-state index contributed by atoms with van der Waals surface area (Å²) in [6.45, 7) is 0.367. The van der Waals surface area contributed by atoms with Crippen LogP contribution in [-0.2, 0) is 6.54 Å². The van der Waals surface area contributed by atoms with E-state index >= 15 is 0 Å². The number of rotatable bonds is 5. The maximum absolute atomic E-state index is 12.5. The van der Waals surface area contributed by atoms with E-state index in [0.29, 0.717) is 23.4 Å². The number of nitrogens with zero attached hydrogens (tertiary/aromatic N) is 1. The molecule has 0 spiro atoms. The average molecular weight is 457 g/mol. The van der Waals surface area contributed by atoms with E-state index in [0.717, 1.165) is 9.13 Å². The fourth-order valence-electron chi connectivity index (χ4n) is 2.39. The van der Waals surface area contributed by atoms with Crippen molar-refractivity contribution in [1.29, 1.82) is 0 Å². The van der Waals surface area contributed by atoms with E-state index in [4.69, 9.17) is 0 Å². The lowest BCUT2D eigenvalue weighted by molar-refractivity contribution is 0.0951. The van der Waals surface area contributed by atoms with Gasteiger partial charge in [0, 0.05) is 28.1 Å². The highest BCUT2D eigenvalue weighted by molar-refractivity contribution is 14.1. The molecule has 2 aromatic carbocycles. The Morgan fingerprint density at radius 3 is 2.58 bits per heavy atom. The van der Waals surface area contributed by atoms with Gasteiger partial charge in [-0.3, -0.25) is 14.6 Å². The molecule has 0 saturated carbocycles. The maximum atomic E-state index is 12.5. The number of pyridine rings is 1. The Kier molecular flexibility index (Phi) is 5.96. The molecule has 2 N–H and O–H groups in total. The van der Waals surface area contributed by atoms with Crippen LogP contribution in [0.3, 0.4) is 0 Å². The third kappa shape index (κ3) is 4.66. The van der Waals surface area contributed by atoms with Gasteiger partial charge in [0.25, 0.3) is 11.8 Å². The van der Waals surface area contributed by atoms with E-state index in [1.165, 1.54) is 0 Å². The summed E-state index contributed by atoms with van der Waals surface area (Å²) in [4.78, 5) is 29.0. The van der Waals surface area contributed by atoms with Crippen LogP contribution in [0.15, 0.2) is 73.1 Å². The average Bonchev–Trinajstić information content (AvgIpc) is 2.67. The molecule has 0 saturated heterocycles. The summed E-state index contributed by atoms with van der Waals surface area (Å²) in [5.74, 6) is -0.511. The highest BCUT2D eigenvalue weighted by atomic mass is 127. The van der Waals surface area contributed by atoms with Gasteiger partial charge < -0.3 is 10.6 Å². The lowest BCUT2D eigenvalue weighted by atomic mass is 10.1. The van der Waals surface area contributed by atoms with Gasteiger partial charge in [0.15, 0.2) is 0 Å². The second-order valence-corrected chi connectivity index (χ2v) is 6.80. The molecule has 5 nitrogen and oxygen atoms in total. The number of nitrogens with one attached hydrogen (secondary N) is 2. The van der Waals surface area contributed by atoms with Crippen LogP contribution in [0.5, 0.6) is 0 Å². The molecule has 6 heteroatoms. The summed E-state index contributed by atoms with van der Waals surface area (Å²) < 4.78 is 0.970. The van der Waals surface area contributed by atoms with E-state index in [1.54, 1.807) is 48.8 Å². The number of benzene rings is 2. The van der Waals surface area contributed by atoms with Crippen LogP contribution in [0.1, 0.15) is 26.3 Å². The number of amides is 2. The monoisotopic (exact) mass is 457 g/mol. The molecule has 0 fully saturated rings. The fraction of sp³-hybridized carbons (Fsp3) is 0.0500. The van der Waals surface area contributed by atoms with Crippen molar-refractivity contribution in [1.82, 2.24) is 10.3 Å². The smallest absolute Gasteiger partial charge is 0.255 e. The highest BCUT2D eigenvalue weighted by Crippen LogP contribution is 2.17. The Morgan fingerprint density at radius 1 is 0.962 bits per heavy atom. The van der Waals surface area contributed by atoms with Gasteiger partial charge in [-0.2, -0.15) is 0 Å². The minimum atomic E-state index is -0.257. The van der Waals surface area contributed by atoms with Crippen molar-refractivity contribution in [2.75, 3.05) is 5.32 Å². The van der Waals surface area contributed by atoms with E-state index in [9.17, 15) is 9.59 Å². The van der Waals surface area contributed by atoms with Crippen LogP contribution >= 0.6 is 22.6 Å². The lowest BCUT2D eigenvalue weighted by Gasteiger charge is -2.11. The van der Waals surface area contributed by atoms with Crippen LogP contribution in [-0.4, -0.2) is 16.8 Å². The molecule has 0 unspecified atom stereocenters. The molecule has 0 aliphatic heterocycles. The molecule has 1 heterocycles. The fourth-order valence-corrected chi connectivity index (χ4v) is 2.94. The Labute approximate surface area is 165 Å². The molecule has 0 bridgehead atoms. The Morgan fingerprint density at radius 2 is 1.81 bits per heavy atom. The molecule has 0 atom stereocenters. The zero-order chi connectivity index (χ0) is 18.4. The lowest BCUT2D eigenvalue weighted by Crippen LogP contribution is -2.25. The number of anilines is 1. The number of hydrogen-bond donors (Lipinski definition) is 2. The summed E-state index contributed by atoms with van der Waals surface area (Å²) >= 11 is 2.15. The number of para-hydroxylation sites is 1. The molecule has 1 aromatic heterocycles. The normalized spacial score (nSPS) is 10.2. The zero-order valence-electron chi connectivity index (χ0n) is 13.8. The first-order chi connectivity index (χ1) is 12.6. The zero-order valence-corrected chi connectivity index (χ0v) is 15.9. The van der Waals surface area contributed by atoms with Gasteiger partial charge >= 0.3 is 0 Å². The van der Waals surface area contributed by atoms with E-state index < -0.39 is 0 Å². The largest absolute Gasteiger partial charge is 0.348 e. The molecular formula is C20H16IN3O2. The minimum absolute atomic E-state index is 0.254. The van der Waals surface area contributed by atoms with Crippen molar-refractivity contribution < 1.29 is 9.59 Å². The van der Waals surface area contributed by atoms with Crippen LogP contribution in [0.25, 0.3) is 0 Å². The van der Waals surface area contributed by atoms with Crippen molar-refractivity contribution in [3.05, 3.63) is 93.3 Å². The number of aromatic nitrogens is 1.